The van der Waals surface area contributed by atoms with E-state index in [1.807, 2.05) is 48.5 Å². The summed E-state index contributed by atoms with van der Waals surface area (Å²) in [6, 6.07) is 17.4. The maximum atomic E-state index is 13.8. The first kappa shape index (κ1) is 19.8. The Bertz CT molecular complexity index is 1010. The summed E-state index contributed by atoms with van der Waals surface area (Å²) in [7, 11) is 0. The van der Waals surface area contributed by atoms with Gasteiger partial charge >= 0.3 is 0 Å². The normalized spacial score (nSPS) is 19.2. The third kappa shape index (κ3) is 4.40. The highest BCUT2D eigenvalue weighted by Crippen LogP contribution is 2.42. The first-order valence-corrected chi connectivity index (χ1v) is 10.1. The van der Waals surface area contributed by atoms with Crippen LogP contribution < -0.4 is 4.74 Å². The van der Waals surface area contributed by atoms with Crippen molar-refractivity contribution in [3.8, 4) is 5.75 Å². The number of hydrogen-bond acceptors (Lipinski definition) is 3. The molecule has 29 heavy (non-hydrogen) atoms. The van der Waals surface area contributed by atoms with Crippen molar-refractivity contribution < 1.29 is 18.6 Å². The van der Waals surface area contributed by atoms with Gasteiger partial charge in [0.2, 0.25) is 5.92 Å². The molecule has 1 heterocycles. The second-order valence-electron chi connectivity index (χ2n) is 7.80. The molecule has 4 rings (SSSR count). The summed E-state index contributed by atoms with van der Waals surface area (Å²) < 4.78 is 33.6. The lowest BCUT2D eigenvalue weighted by Crippen LogP contribution is -2.27. The van der Waals surface area contributed by atoms with E-state index < -0.39 is 17.9 Å². The Morgan fingerprint density at radius 1 is 1.14 bits per heavy atom. The number of pyridine rings is 1. The van der Waals surface area contributed by atoms with Gasteiger partial charge in [-0.25, -0.2) is 13.8 Å². The second kappa shape index (κ2) is 8.07. The zero-order valence-corrected chi connectivity index (χ0v) is 16.4. The molecule has 0 saturated carbocycles. The fraction of sp³-hybridized carbons (Fsp3) is 0.375. The van der Waals surface area contributed by atoms with Crippen molar-refractivity contribution in [2.45, 2.75) is 51.2 Å². The SMILES string of the molecule is CCC(F)(F)C[C@@H]1CCc2ccc(OCc3ccc4ccccc4n3)cc2[C@H]1O. The predicted octanol–water partition coefficient (Wildman–Crippen LogP) is 5.85. The Labute approximate surface area is 169 Å². The zero-order valence-electron chi connectivity index (χ0n) is 16.4. The highest BCUT2D eigenvalue weighted by molar-refractivity contribution is 5.78. The van der Waals surface area contributed by atoms with Crippen LogP contribution in [0.5, 0.6) is 5.75 Å². The molecule has 0 fully saturated rings. The molecule has 0 saturated heterocycles. The number of fused-ring (bicyclic) bond motifs is 2. The molecule has 0 radical (unpaired) electrons. The minimum absolute atomic E-state index is 0.203. The summed E-state index contributed by atoms with van der Waals surface area (Å²) >= 11 is 0. The smallest absolute Gasteiger partial charge is 0.248 e. The molecule has 1 aromatic heterocycles. The molecule has 0 bridgehead atoms. The van der Waals surface area contributed by atoms with Gasteiger partial charge in [-0.2, -0.15) is 0 Å². The van der Waals surface area contributed by atoms with Crippen LogP contribution >= 0.6 is 0 Å². The lowest BCUT2D eigenvalue weighted by atomic mass is 9.78. The van der Waals surface area contributed by atoms with E-state index in [0.29, 0.717) is 30.8 Å². The summed E-state index contributed by atoms with van der Waals surface area (Å²) in [5.74, 6) is -2.56. The lowest BCUT2D eigenvalue weighted by Gasteiger charge is -2.32. The van der Waals surface area contributed by atoms with Crippen molar-refractivity contribution in [1.82, 2.24) is 4.98 Å². The van der Waals surface area contributed by atoms with Gasteiger partial charge in [0.05, 0.1) is 17.3 Å². The van der Waals surface area contributed by atoms with Crippen LogP contribution in [0.25, 0.3) is 10.9 Å². The topological polar surface area (TPSA) is 42.4 Å². The first-order chi connectivity index (χ1) is 13.9. The maximum Gasteiger partial charge on any atom is 0.248 e. The summed E-state index contributed by atoms with van der Waals surface area (Å²) in [6.07, 6.45) is -0.103. The standard InChI is InChI=1S/C24H25F2NO2/c1-2-24(25,26)14-18-8-7-16-10-12-20(13-21(16)23(18)28)29-15-19-11-9-17-5-3-4-6-22(17)27-19/h3-6,9-13,18,23,28H,2,7-8,14-15H2,1H3/t18-,23-/m0/s1. The number of aliphatic hydroxyl groups is 1. The number of alkyl halides is 2. The van der Waals surface area contributed by atoms with Crippen LogP contribution in [0.4, 0.5) is 8.78 Å². The van der Waals surface area contributed by atoms with Gasteiger partial charge in [0.1, 0.15) is 12.4 Å². The number of hydrogen-bond donors (Lipinski definition) is 1. The average molecular weight is 397 g/mol. The van der Waals surface area contributed by atoms with Gasteiger partial charge in [-0.1, -0.05) is 37.3 Å². The molecule has 0 spiro atoms. The third-order valence-corrected chi connectivity index (χ3v) is 5.79. The number of nitrogens with zero attached hydrogens (tertiary/aromatic N) is 1. The van der Waals surface area contributed by atoms with E-state index in [9.17, 15) is 13.9 Å². The summed E-state index contributed by atoms with van der Waals surface area (Å²) in [5, 5.41) is 11.8. The number of ether oxygens (including phenoxy) is 1. The molecule has 0 amide bonds. The van der Waals surface area contributed by atoms with Gasteiger partial charge in [-0.05, 0) is 54.2 Å². The summed E-state index contributed by atoms with van der Waals surface area (Å²) in [4.78, 5) is 4.60. The molecule has 0 aliphatic heterocycles. The molecular weight excluding hydrogens is 372 g/mol. The Morgan fingerprint density at radius 2 is 1.97 bits per heavy atom. The van der Waals surface area contributed by atoms with E-state index in [0.717, 1.165) is 22.2 Å². The maximum absolute atomic E-state index is 13.8. The van der Waals surface area contributed by atoms with Gasteiger partial charge in [-0.3, -0.25) is 0 Å². The average Bonchev–Trinajstić information content (AvgIpc) is 2.74. The number of aliphatic hydroxyl groups excluding tert-OH is 1. The van der Waals surface area contributed by atoms with E-state index in [4.69, 9.17) is 4.74 Å². The van der Waals surface area contributed by atoms with Crippen LogP contribution in [-0.2, 0) is 13.0 Å². The molecule has 1 aliphatic carbocycles. The van der Waals surface area contributed by atoms with Crippen molar-refractivity contribution in [1.29, 1.82) is 0 Å². The van der Waals surface area contributed by atoms with Crippen molar-refractivity contribution >= 4 is 10.9 Å². The highest BCUT2D eigenvalue weighted by atomic mass is 19.3. The predicted molar refractivity (Wildman–Crippen MR) is 109 cm³/mol. The minimum Gasteiger partial charge on any atom is -0.487 e. The zero-order chi connectivity index (χ0) is 20.4. The number of para-hydroxylation sites is 1. The molecule has 3 aromatic rings. The fourth-order valence-corrected chi connectivity index (χ4v) is 4.01. The quantitative estimate of drug-likeness (QED) is 0.568. The summed E-state index contributed by atoms with van der Waals surface area (Å²) in [5.41, 5.74) is 3.43. The second-order valence-corrected chi connectivity index (χ2v) is 7.80. The van der Waals surface area contributed by atoms with E-state index in [-0.39, 0.29) is 12.8 Å². The minimum atomic E-state index is -2.74. The van der Waals surface area contributed by atoms with Crippen molar-refractivity contribution in [2.75, 3.05) is 0 Å². The van der Waals surface area contributed by atoms with Crippen molar-refractivity contribution in [3.63, 3.8) is 0 Å². The molecule has 5 heteroatoms. The van der Waals surface area contributed by atoms with Gasteiger partial charge in [0.15, 0.2) is 0 Å². The Kier molecular flexibility index (Phi) is 5.50. The van der Waals surface area contributed by atoms with Gasteiger partial charge < -0.3 is 9.84 Å². The molecule has 3 nitrogen and oxygen atoms in total. The van der Waals surface area contributed by atoms with Crippen LogP contribution in [0.1, 0.15) is 49.1 Å². The Morgan fingerprint density at radius 3 is 2.79 bits per heavy atom. The van der Waals surface area contributed by atoms with Crippen LogP contribution in [0.15, 0.2) is 54.6 Å². The van der Waals surface area contributed by atoms with Crippen molar-refractivity contribution in [2.24, 2.45) is 5.92 Å². The van der Waals surface area contributed by atoms with Crippen LogP contribution in [0, 0.1) is 5.92 Å². The number of aryl methyl sites for hydroxylation is 1. The van der Waals surface area contributed by atoms with Gasteiger partial charge in [-0.15, -0.1) is 0 Å². The monoisotopic (exact) mass is 397 g/mol. The number of aromatic nitrogens is 1. The lowest BCUT2D eigenvalue weighted by molar-refractivity contribution is -0.0514. The molecule has 0 unspecified atom stereocenters. The molecule has 1 aliphatic rings. The Hall–Kier alpha value is -2.53. The number of halogens is 2. The van der Waals surface area contributed by atoms with E-state index >= 15 is 0 Å². The molecule has 1 N–H and O–H groups in total. The van der Waals surface area contributed by atoms with Gasteiger partial charge in [0.25, 0.3) is 0 Å². The van der Waals surface area contributed by atoms with E-state index in [1.54, 1.807) is 6.07 Å². The number of benzene rings is 2. The van der Waals surface area contributed by atoms with Crippen LogP contribution in [0.2, 0.25) is 0 Å². The Balaban J connectivity index is 1.48. The van der Waals surface area contributed by atoms with Crippen molar-refractivity contribution in [3.05, 3.63) is 71.4 Å². The van der Waals surface area contributed by atoms with Crippen LogP contribution in [-0.4, -0.2) is 16.0 Å². The third-order valence-electron chi connectivity index (χ3n) is 5.79. The largest absolute Gasteiger partial charge is 0.487 e. The first-order valence-electron chi connectivity index (χ1n) is 10.1. The molecular formula is C24H25F2NO2. The molecule has 2 atom stereocenters. The van der Waals surface area contributed by atoms with Gasteiger partial charge in [0, 0.05) is 18.2 Å². The fourth-order valence-electron chi connectivity index (χ4n) is 4.01. The summed E-state index contributed by atoms with van der Waals surface area (Å²) in [6.45, 7) is 1.78. The highest BCUT2D eigenvalue weighted by Gasteiger charge is 2.37. The van der Waals surface area contributed by atoms with E-state index in [1.165, 1.54) is 6.92 Å². The molecule has 2 aromatic carbocycles. The van der Waals surface area contributed by atoms with Crippen LogP contribution in [0.3, 0.4) is 0 Å². The molecule has 152 valence electrons. The van der Waals surface area contributed by atoms with E-state index in [2.05, 4.69) is 4.98 Å². The number of rotatable bonds is 6.